The standard InChI is InChI=1S/C16H28N4O/c1-3-9-17-14-13(4-2)15(20-12-19-14)18-10-16(11-21)7-5-6-8-16/h12,21H,3-11H2,1-2H3,(H2,17,18,19,20). The van der Waals surface area contributed by atoms with E-state index in [0.717, 1.165) is 56.0 Å². The third-order valence-corrected chi connectivity index (χ3v) is 4.47. The van der Waals surface area contributed by atoms with Crippen molar-refractivity contribution in [2.45, 2.75) is 52.4 Å². The number of hydrogen-bond donors (Lipinski definition) is 3. The Bertz CT molecular complexity index is 444. The molecule has 0 aliphatic heterocycles. The molecule has 0 spiro atoms. The molecule has 2 rings (SSSR count). The average molecular weight is 292 g/mol. The van der Waals surface area contributed by atoms with E-state index in [4.69, 9.17) is 0 Å². The van der Waals surface area contributed by atoms with Gasteiger partial charge >= 0.3 is 0 Å². The first kappa shape index (κ1) is 16.0. The van der Waals surface area contributed by atoms with Crippen molar-refractivity contribution in [3.63, 3.8) is 0 Å². The van der Waals surface area contributed by atoms with Gasteiger partial charge < -0.3 is 15.7 Å². The van der Waals surface area contributed by atoms with Crippen molar-refractivity contribution in [1.29, 1.82) is 0 Å². The molecule has 1 aromatic heterocycles. The minimum Gasteiger partial charge on any atom is -0.396 e. The van der Waals surface area contributed by atoms with Crippen LogP contribution in [0.25, 0.3) is 0 Å². The van der Waals surface area contributed by atoms with Crippen molar-refractivity contribution in [2.24, 2.45) is 5.41 Å². The SMILES string of the molecule is CCCNc1ncnc(NCC2(CO)CCCC2)c1CC. The summed E-state index contributed by atoms with van der Waals surface area (Å²) in [5.74, 6) is 1.84. The molecule has 0 unspecified atom stereocenters. The van der Waals surface area contributed by atoms with E-state index in [0.29, 0.717) is 0 Å². The van der Waals surface area contributed by atoms with E-state index in [9.17, 15) is 5.11 Å². The van der Waals surface area contributed by atoms with Crippen molar-refractivity contribution in [3.8, 4) is 0 Å². The number of hydrogen-bond acceptors (Lipinski definition) is 5. The zero-order valence-corrected chi connectivity index (χ0v) is 13.3. The fourth-order valence-electron chi connectivity index (χ4n) is 3.08. The minimum atomic E-state index is 0.0347. The number of aromatic nitrogens is 2. The van der Waals surface area contributed by atoms with Crippen LogP contribution < -0.4 is 10.6 Å². The zero-order valence-electron chi connectivity index (χ0n) is 13.3. The summed E-state index contributed by atoms with van der Waals surface area (Å²) in [5, 5.41) is 16.5. The summed E-state index contributed by atoms with van der Waals surface area (Å²) in [6.45, 7) is 6.24. The summed E-state index contributed by atoms with van der Waals surface area (Å²) in [5.41, 5.74) is 1.17. The van der Waals surface area contributed by atoms with Gasteiger partial charge in [0.2, 0.25) is 0 Å². The molecule has 0 atom stereocenters. The molecular weight excluding hydrogens is 264 g/mol. The summed E-state index contributed by atoms with van der Waals surface area (Å²) < 4.78 is 0. The van der Waals surface area contributed by atoms with Gasteiger partial charge in [-0.1, -0.05) is 26.7 Å². The minimum absolute atomic E-state index is 0.0347. The topological polar surface area (TPSA) is 70.1 Å². The van der Waals surface area contributed by atoms with Gasteiger partial charge in [0, 0.05) is 24.1 Å². The van der Waals surface area contributed by atoms with Crippen LogP contribution in [-0.4, -0.2) is 34.8 Å². The maximum Gasteiger partial charge on any atom is 0.134 e. The third-order valence-electron chi connectivity index (χ3n) is 4.47. The second kappa shape index (κ2) is 7.59. The van der Waals surface area contributed by atoms with Crippen LogP contribution in [0.3, 0.4) is 0 Å². The van der Waals surface area contributed by atoms with E-state index < -0.39 is 0 Å². The van der Waals surface area contributed by atoms with Crippen LogP contribution in [0.15, 0.2) is 6.33 Å². The number of rotatable bonds is 8. The Balaban J connectivity index is 2.08. The first-order chi connectivity index (χ1) is 10.2. The lowest BCUT2D eigenvalue weighted by Gasteiger charge is -2.27. The molecule has 0 aromatic carbocycles. The van der Waals surface area contributed by atoms with Gasteiger partial charge in [-0.15, -0.1) is 0 Å². The van der Waals surface area contributed by atoms with Crippen molar-refractivity contribution < 1.29 is 5.11 Å². The lowest BCUT2D eigenvalue weighted by molar-refractivity contribution is 0.142. The molecule has 1 aliphatic rings. The molecule has 118 valence electrons. The third kappa shape index (κ3) is 3.84. The van der Waals surface area contributed by atoms with Gasteiger partial charge in [0.15, 0.2) is 0 Å². The van der Waals surface area contributed by atoms with E-state index >= 15 is 0 Å². The van der Waals surface area contributed by atoms with E-state index in [1.807, 2.05) is 0 Å². The van der Waals surface area contributed by atoms with Gasteiger partial charge in [-0.25, -0.2) is 9.97 Å². The summed E-state index contributed by atoms with van der Waals surface area (Å²) in [7, 11) is 0. The molecule has 1 fully saturated rings. The zero-order chi connectivity index (χ0) is 15.1. The molecule has 1 saturated carbocycles. The van der Waals surface area contributed by atoms with Crippen LogP contribution in [0.2, 0.25) is 0 Å². The van der Waals surface area contributed by atoms with Crippen LogP contribution in [0.5, 0.6) is 0 Å². The summed E-state index contributed by atoms with van der Waals surface area (Å²) in [4.78, 5) is 8.75. The smallest absolute Gasteiger partial charge is 0.134 e. The van der Waals surface area contributed by atoms with Gasteiger partial charge in [-0.05, 0) is 25.7 Å². The largest absolute Gasteiger partial charge is 0.396 e. The fraction of sp³-hybridized carbons (Fsp3) is 0.750. The van der Waals surface area contributed by atoms with E-state index in [1.54, 1.807) is 6.33 Å². The van der Waals surface area contributed by atoms with E-state index in [2.05, 4.69) is 34.4 Å². The number of anilines is 2. The summed E-state index contributed by atoms with van der Waals surface area (Å²) in [6, 6.07) is 0. The van der Waals surface area contributed by atoms with Crippen molar-refractivity contribution in [2.75, 3.05) is 30.3 Å². The van der Waals surface area contributed by atoms with Crippen molar-refractivity contribution in [3.05, 3.63) is 11.9 Å². The Morgan fingerprint density at radius 1 is 1.14 bits per heavy atom. The first-order valence-electron chi connectivity index (χ1n) is 8.17. The first-order valence-corrected chi connectivity index (χ1v) is 8.17. The normalized spacial score (nSPS) is 16.9. The Kier molecular flexibility index (Phi) is 5.79. The molecular formula is C16H28N4O. The number of nitrogens with zero attached hydrogens (tertiary/aromatic N) is 2. The van der Waals surface area contributed by atoms with E-state index in [-0.39, 0.29) is 12.0 Å². The lowest BCUT2D eigenvalue weighted by Crippen LogP contribution is -2.31. The molecule has 21 heavy (non-hydrogen) atoms. The Hall–Kier alpha value is -1.36. The molecule has 1 aromatic rings. The average Bonchev–Trinajstić information content (AvgIpc) is 3.00. The number of aliphatic hydroxyl groups is 1. The highest BCUT2D eigenvalue weighted by Gasteiger charge is 2.33. The highest BCUT2D eigenvalue weighted by atomic mass is 16.3. The van der Waals surface area contributed by atoms with Gasteiger partial charge in [0.1, 0.15) is 18.0 Å². The predicted molar refractivity (Wildman–Crippen MR) is 86.7 cm³/mol. The monoisotopic (exact) mass is 292 g/mol. The fourth-order valence-corrected chi connectivity index (χ4v) is 3.08. The highest BCUT2D eigenvalue weighted by Crippen LogP contribution is 2.37. The molecule has 0 amide bonds. The number of aliphatic hydroxyl groups excluding tert-OH is 1. The molecule has 0 bridgehead atoms. The Morgan fingerprint density at radius 2 is 1.81 bits per heavy atom. The second-order valence-electron chi connectivity index (χ2n) is 6.05. The second-order valence-corrected chi connectivity index (χ2v) is 6.05. The van der Waals surface area contributed by atoms with E-state index in [1.165, 1.54) is 12.8 Å². The van der Waals surface area contributed by atoms with Crippen LogP contribution >= 0.6 is 0 Å². The van der Waals surface area contributed by atoms with Crippen LogP contribution in [-0.2, 0) is 6.42 Å². The predicted octanol–water partition coefficient (Wildman–Crippen LogP) is 2.83. The summed E-state index contributed by atoms with van der Waals surface area (Å²) in [6.07, 6.45) is 8.21. The molecule has 5 heteroatoms. The number of nitrogens with one attached hydrogen (secondary N) is 2. The molecule has 1 aliphatic carbocycles. The van der Waals surface area contributed by atoms with Gasteiger partial charge in [-0.2, -0.15) is 0 Å². The molecule has 0 radical (unpaired) electrons. The Labute approximate surface area is 127 Å². The van der Waals surface area contributed by atoms with Crippen LogP contribution in [0.1, 0.15) is 51.5 Å². The molecule has 0 saturated heterocycles. The molecule has 3 N–H and O–H groups in total. The maximum atomic E-state index is 9.71. The molecule has 5 nitrogen and oxygen atoms in total. The van der Waals surface area contributed by atoms with Gasteiger partial charge in [0.05, 0.1) is 6.61 Å². The summed E-state index contributed by atoms with van der Waals surface area (Å²) >= 11 is 0. The van der Waals surface area contributed by atoms with Crippen LogP contribution in [0.4, 0.5) is 11.6 Å². The van der Waals surface area contributed by atoms with Gasteiger partial charge in [0.25, 0.3) is 0 Å². The lowest BCUT2D eigenvalue weighted by atomic mass is 9.87. The van der Waals surface area contributed by atoms with Crippen molar-refractivity contribution >= 4 is 11.6 Å². The highest BCUT2D eigenvalue weighted by molar-refractivity contribution is 5.57. The van der Waals surface area contributed by atoms with Gasteiger partial charge in [-0.3, -0.25) is 0 Å². The quantitative estimate of drug-likeness (QED) is 0.687. The molecule has 1 heterocycles. The Morgan fingerprint density at radius 3 is 2.38 bits per heavy atom. The van der Waals surface area contributed by atoms with Crippen molar-refractivity contribution in [1.82, 2.24) is 9.97 Å². The van der Waals surface area contributed by atoms with Crippen LogP contribution in [0, 0.1) is 5.41 Å². The maximum absolute atomic E-state index is 9.71.